The molecule has 0 saturated carbocycles. The average molecular weight is 151 g/mol. The highest BCUT2D eigenvalue weighted by Gasteiger charge is 2.05. The van der Waals surface area contributed by atoms with E-state index in [1.165, 1.54) is 17.8 Å². The zero-order chi connectivity index (χ0) is 8.43. The minimum Gasteiger partial charge on any atom is -0.346 e. The van der Waals surface area contributed by atoms with Crippen molar-refractivity contribution in [1.29, 1.82) is 0 Å². The highest BCUT2D eigenvalue weighted by atomic mass is 15.0. The summed E-state index contributed by atoms with van der Waals surface area (Å²) >= 11 is 0. The first-order valence-electron chi connectivity index (χ1n) is 4.31. The largest absolute Gasteiger partial charge is 0.346 e. The normalized spacial score (nSPS) is 13.5. The third-order valence-electron chi connectivity index (χ3n) is 2.36. The summed E-state index contributed by atoms with van der Waals surface area (Å²) in [5, 5.41) is 0. The Hall–Kier alpha value is -0.720. The quantitative estimate of drug-likeness (QED) is 0.612. The van der Waals surface area contributed by atoms with Crippen LogP contribution in [0.1, 0.15) is 37.7 Å². The molecule has 62 valence electrons. The number of aromatic nitrogens is 1. The predicted octanol–water partition coefficient (Wildman–Crippen LogP) is 3.08. The molecule has 0 aromatic carbocycles. The van der Waals surface area contributed by atoms with E-state index in [0.29, 0.717) is 6.04 Å². The first kappa shape index (κ1) is 8.38. The van der Waals surface area contributed by atoms with Gasteiger partial charge in [0.2, 0.25) is 0 Å². The second kappa shape index (κ2) is 3.12. The predicted molar refractivity (Wildman–Crippen MR) is 48.9 cm³/mol. The molecule has 11 heavy (non-hydrogen) atoms. The van der Waals surface area contributed by atoms with Gasteiger partial charge >= 0.3 is 0 Å². The standard InChI is InChI=1S/C10H17N/c1-5-8(2)11-9(3)6-7-10(11)4/h6-8H,5H2,1-4H3/t8-/m1/s1. The topological polar surface area (TPSA) is 4.93 Å². The van der Waals surface area contributed by atoms with E-state index in [1.807, 2.05) is 0 Å². The van der Waals surface area contributed by atoms with E-state index in [4.69, 9.17) is 0 Å². The lowest BCUT2D eigenvalue weighted by Gasteiger charge is -2.15. The van der Waals surface area contributed by atoms with E-state index in [9.17, 15) is 0 Å². The van der Waals surface area contributed by atoms with E-state index in [2.05, 4.69) is 44.4 Å². The highest BCUT2D eigenvalue weighted by Crippen LogP contribution is 2.17. The molecule has 0 fully saturated rings. The van der Waals surface area contributed by atoms with Crippen molar-refractivity contribution < 1.29 is 0 Å². The third-order valence-corrected chi connectivity index (χ3v) is 2.36. The molecule has 1 rings (SSSR count). The molecule has 0 aliphatic heterocycles. The summed E-state index contributed by atoms with van der Waals surface area (Å²) in [7, 11) is 0. The molecule has 0 amide bonds. The van der Waals surface area contributed by atoms with Crippen molar-refractivity contribution in [3.8, 4) is 0 Å². The average Bonchev–Trinajstić information content (AvgIpc) is 2.30. The molecule has 1 nitrogen and oxygen atoms in total. The van der Waals surface area contributed by atoms with Crippen LogP contribution in [-0.2, 0) is 0 Å². The van der Waals surface area contributed by atoms with Crippen molar-refractivity contribution in [2.75, 3.05) is 0 Å². The molecule has 0 radical (unpaired) electrons. The van der Waals surface area contributed by atoms with Gasteiger partial charge in [-0.3, -0.25) is 0 Å². The molecule has 1 heteroatoms. The Labute approximate surface area is 69.0 Å². The van der Waals surface area contributed by atoms with E-state index in [1.54, 1.807) is 0 Å². The van der Waals surface area contributed by atoms with Crippen LogP contribution in [0.5, 0.6) is 0 Å². The van der Waals surface area contributed by atoms with Crippen LogP contribution in [0.4, 0.5) is 0 Å². The maximum Gasteiger partial charge on any atom is 0.0304 e. The van der Waals surface area contributed by atoms with Gasteiger partial charge in [-0.25, -0.2) is 0 Å². The lowest BCUT2D eigenvalue weighted by Crippen LogP contribution is -2.06. The lowest BCUT2D eigenvalue weighted by molar-refractivity contribution is 0.512. The molecule has 1 heterocycles. The Bertz CT molecular complexity index is 216. The number of aryl methyl sites for hydroxylation is 2. The molecular weight excluding hydrogens is 134 g/mol. The van der Waals surface area contributed by atoms with Crippen molar-refractivity contribution >= 4 is 0 Å². The Kier molecular flexibility index (Phi) is 2.38. The maximum atomic E-state index is 2.39. The van der Waals surface area contributed by atoms with Crippen molar-refractivity contribution in [1.82, 2.24) is 4.57 Å². The summed E-state index contributed by atoms with van der Waals surface area (Å²) in [6.07, 6.45) is 1.20. The second-order valence-corrected chi connectivity index (χ2v) is 3.24. The Morgan fingerprint density at radius 2 is 1.73 bits per heavy atom. The highest BCUT2D eigenvalue weighted by molar-refractivity contribution is 5.14. The summed E-state index contributed by atoms with van der Waals surface area (Å²) in [6.45, 7) is 8.82. The molecule has 1 aromatic rings. The summed E-state index contributed by atoms with van der Waals surface area (Å²) in [5.41, 5.74) is 2.74. The van der Waals surface area contributed by atoms with Crippen molar-refractivity contribution in [3.63, 3.8) is 0 Å². The van der Waals surface area contributed by atoms with Crippen LogP contribution in [0.2, 0.25) is 0 Å². The van der Waals surface area contributed by atoms with Crippen LogP contribution in [0.25, 0.3) is 0 Å². The Balaban J connectivity index is 3.00. The molecule has 0 aliphatic carbocycles. The van der Waals surface area contributed by atoms with Gasteiger partial charge in [0.05, 0.1) is 0 Å². The fourth-order valence-electron chi connectivity index (χ4n) is 1.56. The van der Waals surface area contributed by atoms with Gasteiger partial charge in [0.25, 0.3) is 0 Å². The first-order chi connectivity index (χ1) is 5.16. The maximum absolute atomic E-state index is 2.39. The minimum absolute atomic E-state index is 0.644. The minimum atomic E-state index is 0.644. The second-order valence-electron chi connectivity index (χ2n) is 3.24. The third kappa shape index (κ3) is 1.47. The van der Waals surface area contributed by atoms with Gasteiger partial charge in [-0.1, -0.05) is 6.92 Å². The molecule has 0 saturated heterocycles. The molecule has 0 unspecified atom stereocenters. The summed E-state index contributed by atoms with van der Waals surface area (Å²) in [4.78, 5) is 0. The van der Waals surface area contributed by atoms with E-state index in [0.717, 1.165) is 0 Å². The smallest absolute Gasteiger partial charge is 0.0304 e. The van der Waals surface area contributed by atoms with Crippen LogP contribution in [-0.4, -0.2) is 4.57 Å². The molecule has 0 spiro atoms. The van der Waals surface area contributed by atoms with Gasteiger partial charge in [0.15, 0.2) is 0 Å². The van der Waals surface area contributed by atoms with Crippen molar-refractivity contribution in [3.05, 3.63) is 23.5 Å². The van der Waals surface area contributed by atoms with Gasteiger partial charge in [0, 0.05) is 17.4 Å². The first-order valence-corrected chi connectivity index (χ1v) is 4.31. The molecule has 1 atom stereocenters. The number of nitrogens with zero attached hydrogens (tertiary/aromatic N) is 1. The Morgan fingerprint density at radius 1 is 1.27 bits per heavy atom. The van der Waals surface area contributed by atoms with Crippen LogP contribution in [0.15, 0.2) is 12.1 Å². The van der Waals surface area contributed by atoms with Crippen molar-refractivity contribution in [2.24, 2.45) is 0 Å². The molecular formula is C10H17N. The zero-order valence-corrected chi connectivity index (χ0v) is 7.89. The van der Waals surface area contributed by atoms with E-state index < -0.39 is 0 Å². The van der Waals surface area contributed by atoms with Crippen LogP contribution in [0.3, 0.4) is 0 Å². The molecule has 0 N–H and O–H groups in total. The van der Waals surface area contributed by atoms with Crippen molar-refractivity contribution in [2.45, 2.75) is 40.2 Å². The fraction of sp³-hybridized carbons (Fsp3) is 0.600. The van der Waals surface area contributed by atoms with Crippen LogP contribution >= 0.6 is 0 Å². The molecule has 0 bridgehead atoms. The van der Waals surface area contributed by atoms with Gasteiger partial charge in [-0.15, -0.1) is 0 Å². The molecule has 1 aromatic heterocycles. The van der Waals surface area contributed by atoms with Crippen LogP contribution < -0.4 is 0 Å². The fourth-order valence-corrected chi connectivity index (χ4v) is 1.56. The van der Waals surface area contributed by atoms with Gasteiger partial charge in [-0.05, 0) is 39.3 Å². The SMILES string of the molecule is CC[C@@H](C)n1c(C)ccc1C. The summed E-state index contributed by atoms with van der Waals surface area (Å²) in [6, 6.07) is 5.01. The molecule has 0 aliphatic rings. The van der Waals surface area contributed by atoms with E-state index in [-0.39, 0.29) is 0 Å². The van der Waals surface area contributed by atoms with Gasteiger partial charge < -0.3 is 4.57 Å². The summed E-state index contributed by atoms with van der Waals surface area (Å²) < 4.78 is 2.39. The number of hydrogen-bond acceptors (Lipinski definition) is 0. The lowest BCUT2D eigenvalue weighted by atomic mass is 10.2. The number of rotatable bonds is 2. The van der Waals surface area contributed by atoms with E-state index >= 15 is 0 Å². The zero-order valence-electron chi connectivity index (χ0n) is 7.89. The Morgan fingerprint density at radius 3 is 2.09 bits per heavy atom. The van der Waals surface area contributed by atoms with Crippen LogP contribution in [0, 0.1) is 13.8 Å². The summed E-state index contributed by atoms with van der Waals surface area (Å²) in [5.74, 6) is 0. The van der Waals surface area contributed by atoms with Gasteiger partial charge in [0.1, 0.15) is 0 Å². The number of hydrogen-bond donors (Lipinski definition) is 0. The van der Waals surface area contributed by atoms with Gasteiger partial charge in [-0.2, -0.15) is 0 Å². The monoisotopic (exact) mass is 151 g/mol.